The fourth-order valence-electron chi connectivity index (χ4n) is 3.73. The molecule has 28 heavy (non-hydrogen) atoms. The number of carbonyl (C=O) groups excluding carboxylic acids is 1. The van der Waals surface area contributed by atoms with Gasteiger partial charge in [-0.15, -0.1) is 0 Å². The minimum Gasteiger partial charge on any atom is -0.299 e. The first kappa shape index (κ1) is 26.6. The van der Waals surface area contributed by atoms with Crippen LogP contribution in [0.15, 0.2) is 33.7 Å². The molecule has 1 aliphatic rings. The molecular formula is C23H36BBrN2O. The van der Waals surface area contributed by atoms with Gasteiger partial charge in [-0.3, -0.25) is 9.79 Å². The van der Waals surface area contributed by atoms with Crippen molar-refractivity contribution in [1.29, 1.82) is 5.26 Å². The number of rotatable bonds is 5. The number of hydrogen-bond donors (Lipinski definition) is 0. The molecule has 0 N–H and O–H groups in total. The highest BCUT2D eigenvalue weighted by atomic mass is 79.9. The first-order chi connectivity index (χ1) is 13.4. The second-order valence-electron chi connectivity index (χ2n) is 6.83. The molecule has 2 rings (SSSR count). The quantitative estimate of drug-likeness (QED) is 0.361. The zero-order valence-electron chi connectivity index (χ0n) is 18.6. The fourth-order valence-corrected chi connectivity index (χ4v) is 4.25. The van der Waals surface area contributed by atoms with Crippen molar-refractivity contribution in [1.82, 2.24) is 0 Å². The van der Waals surface area contributed by atoms with Gasteiger partial charge in [-0.2, -0.15) is 0 Å². The predicted octanol–water partition coefficient (Wildman–Crippen LogP) is 6.99. The van der Waals surface area contributed by atoms with Crippen LogP contribution in [0.1, 0.15) is 72.8 Å². The molecule has 0 aliphatic carbocycles. The Kier molecular flexibility index (Phi) is 13.8. The lowest BCUT2D eigenvalue weighted by atomic mass is 9.40. The molecule has 154 valence electrons. The van der Waals surface area contributed by atoms with E-state index in [9.17, 15) is 10.1 Å². The van der Waals surface area contributed by atoms with Crippen LogP contribution in [0, 0.1) is 17.1 Å². The maximum Gasteiger partial charge on any atom is 0.268 e. The summed E-state index contributed by atoms with van der Waals surface area (Å²) in [5.74, 6) is 2.64. The third-order valence-electron chi connectivity index (χ3n) is 5.03. The van der Waals surface area contributed by atoms with Crippen molar-refractivity contribution < 1.29 is 4.79 Å². The second-order valence-corrected chi connectivity index (χ2v) is 7.68. The maximum absolute atomic E-state index is 12.2. The van der Waals surface area contributed by atoms with Crippen molar-refractivity contribution in [2.45, 2.75) is 85.9 Å². The van der Waals surface area contributed by atoms with Gasteiger partial charge in [-0.25, -0.2) is 5.26 Å². The highest BCUT2D eigenvalue weighted by molar-refractivity contribution is 9.10. The highest BCUT2D eigenvalue weighted by Crippen LogP contribution is 2.31. The van der Waals surface area contributed by atoms with Gasteiger partial charge in [0.15, 0.2) is 0 Å². The number of hydrogen-bond acceptors (Lipinski definition) is 3. The van der Waals surface area contributed by atoms with Crippen LogP contribution in [-0.4, -0.2) is 24.2 Å². The lowest BCUT2D eigenvalue weighted by molar-refractivity contribution is -0.117. The van der Waals surface area contributed by atoms with Crippen molar-refractivity contribution in [3.8, 4) is 5.97 Å². The summed E-state index contributed by atoms with van der Waals surface area (Å²) in [4.78, 5) is 17.1. The number of Topliss-reactive ketones (excluding diaryl/α,β-unsaturated/α-hetero) is 1. The van der Waals surface area contributed by atoms with E-state index in [4.69, 9.17) is 4.99 Å². The number of ketones is 1. The average molecular weight is 447 g/mol. The maximum atomic E-state index is 12.2. The summed E-state index contributed by atoms with van der Waals surface area (Å²) in [7, 11) is 0. The van der Waals surface area contributed by atoms with Crippen LogP contribution >= 0.6 is 15.9 Å². The Morgan fingerprint density at radius 1 is 1.25 bits per heavy atom. The molecule has 1 heterocycles. The number of nitriles is 1. The summed E-state index contributed by atoms with van der Waals surface area (Å²) in [5.41, 5.74) is 1.83. The van der Waals surface area contributed by atoms with E-state index in [0.717, 1.165) is 41.2 Å². The summed E-state index contributed by atoms with van der Waals surface area (Å²) in [6.07, 6.45) is 4.15. The third-order valence-corrected chi connectivity index (χ3v) is 5.75. The van der Waals surface area contributed by atoms with Crippen LogP contribution in [0.2, 0.25) is 12.6 Å². The SMILES string of the molecule is CC.CC.CC(=O)C(C(C)=NC(C)C1CCCB(C#N)C1)c1ccccc1Br. The molecule has 1 aliphatic heterocycles. The van der Waals surface area contributed by atoms with Crippen LogP contribution in [0.25, 0.3) is 0 Å². The molecule has 3 atom stereocenters. The van der Waals surface area contributed by atoms with Crippen LogP contribution < -0.4 is 0 Å². The number of benzene rings is 1. The summed E-state index contributed by atoms with van der Waals surface area (Å²) >= 11 is 3.55. The number of halogens is 1. The van der Waals surface area contributed by atoms with Crippen molar-refractivity contribution >= 4 is 34.1 Å². The molecule has 0 bridgehead atoms. The normalized spacial score (nSPS) is 18.5. The summed E-state index contributed by atoms with van der Waals surface area (Å²) in [6, 6.07) is 7.98. The Labute approximate surface area is 181 Å². The van der Waals surface area contributed by atoms with E-state index in [0.29, 0.717) is 5.92 Å². The minimum absolute atomic E-state index is 0.105. The van der Waals surface area contributed by atoms with E-state index >= 15 is 0 Å². The predicted molar refractivity (Wildman–Crippen MR) is 127 cm³/mol. The standard InChI is InChI=1S/C19H24BBrN2O.2C2H6/c1-13(16-7-6-10-20(11-16)12-22)23-14(2)19(15(3)24)17-8-4-5-9-18(17)21;2*1-2/h4-5,8-9,13,16,19H,6-7,10-11H2,1-3H3;2*1-2H3. The van der Waals surface area contributed by atoms with Crippen LogP contribution in [0.4, 0.5) is 0 Å². The first-order valence-corrected chi connectivity index (χ1v) is 11.4. The van der Waals surface area contributed by atoms with Crippen molar-refractivity contribution in [3.63, 3.8) is 0 Å². The largest absolute Gasteiger partial charge is 0.299 e. The molecule has 0 aromatic heterocycles. The molecule has 5 heteroatoms. The van der Waals surface area contributed by atoms with Crippen molar-refractivity contribution in [2.24, 2.45) is 10.9 Å². The number of carbonyl (C=O) groups is 1. The number of nitrogens with zero attached hydrogens (tertiary/aromatic N) is 2. The smallest absolute Gasteiger partial charge is 0.268 e. The van der Waals surface area contributed by atoms with Gasteiger partial charge in [0.2, 0.25) is 0 Å². The Bertz CT molecular complexity index is 669. The molecule has 0 spiro atoms. The molecule has 3 nitrogen and oxygen atoms in total. The average Bonchev–Trinajstić information content (AvgIpc) is 2.72. The Balaban J connectivity index is 0.00000171. The zero-order chi connectivity index (χ0) is 21.7. The summed E-state index contributed by atoms with van der Waals surface area (Å²) in [6.45, 7) is 13.9. The Morgan fingerprint density at radius 3 is 2.39 bits per heavy atom. The Morgan fingerprint density at radius 2 is 1.86 bits per heavy atom. The van der Waals surface area contributed by atoms with Crippen molar-refractivity contribution in [2.75, 3.05) is 0 Å². The van der Waals surface area contributed by atoms with E-state index in [1.807, 2.05) is 58.9 Å². The van der Waals surface area contributed by atoms with Gasteiger partial charge in [0.05, 0.1) is 5.92 Å². The van der Waals surface area contributed by atoms with Gasteiger partial charge in [-0.05, 0) is 44.7 Å². The third kappa shape index (κ3) is 7.91. The Hall–Kier alpha value is -1.41. The topological polar surface area (TPSA) is 53.2 Å². The zero-order valence-corrected chi connectivity index (χ0v) is 20.2. The van der Waals surface area contributed by atoms with Gasteiger partial charge in [0.1, 0.15) is 5.78 Å². The fraction of sp³-hybridized carbons (Fsp3) is 0.609. The molecular weight excluding hydrogens is 411 g/mol. The molecule has 0 radical (unpaired) electrons. The molecule has 1 fully saturated rings. The van der Waals surface area contributed by atoms with E-state index in [-0.39, 0.29) is 24.5 Å². The van der Waals surface area contributed by atoms with Gasteiger partial charge >= 0.3 is 0 Å². The first-order valence-electron chi connectivity index (χ1n) is 10.6. The van der Waals surface area contributed by atoms with E-state index in [1.165, 1.54) is 0 Å². The molecule has 1 aromatic rings. The van der Waals surface area contributed by atoms with Gasteiger partial charge < -0.3 is 0 Å². The second kappa shape index (κ2) is 14.6. The van der Waals surface area contributed by atoms with Crippen LogP contribution in [-0.2, 0) is 4.79 Å². The molecule has 0 amide bonds. The lowest BCUT2D eigenvalue weighted by Gasteiger charge is -2.28. The van der Waals surface area contributed by atoms with E-state index in [1.54, 1.807) is 6.92 Å². The van der Waals surface area contributed by atoms with Gasteiger partial charge in [-0.1, -0.05) is 80.9 Å². The number of aliphatic imine (C=N–C) groups is 1. The van der Waals surface area contributed by atoms with Gasteiger partial charge in [0, 0.05) is 22.2 Å². The van der Waals surface area contributed by atoms with Crippen LogP contribution in [0.5, 0.6) is 0 Å². The molecule has 1 aromatic carbocycles. The van der Waals surface area contributed by atoms with E-state index < -0.39 is 0 Å². The molecule has 1 saturated heterocycles. The monoisotopic (exact) mass is 446 g/mol. The highest BCUT2D eigenvalue weighted by Gasteiger charge is 2.30. The van der Waals surface area contributed by atoms with Gasteiger partial charge in [0.25, 0.3) is 6.71 Å². The summed E-state index contributed by atoms with van der Waals surface area (Å²) < 4.78 is 0.939. The minimum atomic E-state index is -0.307. The summed E-state index contributed by atoms with van der Waals surface area (Å²) in [5, 5.41) is 9.18. The molecule has 0 saturated carbocycles. The van der Waals surface area contributed by atoms with Crippen LogP contribution in [0.3, 0.4) is 0 Å². The lowest BCUT2D eigenvalue weighted by Crippen LogP contribution is -2.29. The molecule has 3 unspecified atom stereocenters. The van der Waals surface area contributed by atoms with Crippen molar-refractivity contribution in [3.05, 3.63) is 34.3 Å². The van der Waals surface area contributed by atoms with E-state index in [2.05, 4.69) is 28.8 Å².